The van der Waals surface area contributed by atoms with E-state index in [-0.39, 0.29) is 12.0 Å². The van der Waals surface area contributed by atoms with Gasteiger partial charge in [0.25, 0.3) is 0 Å². The third kappa shape index (κ3) is 4.53. The van der Waals surface area contributed by atoms with Crippen LogP contribution in [0.15, 0.2) is 24.3 Å². The number of hydrogen-bond acceptors (Lipinski definition) is 3. The highest BCUT2D eigenvalue weighted by Gasteiger charge is 2.16. The van der Waals surface area contributed by atoms with Gasteiger partial charge in [-0.1, -0.05) is 18.2 Å². The molecule has 0 atom stereocenters. The Balaban J connectivity index is 1.93. The van der Waals surface area contributed by atoms with Crippen LogP contribution in [0, 0.1) is 0 Å². The monoisotopic (exact) mass is 276 g/mol. The summed E-state index contributed by atoms with van der Waals surface area (Å²) in [7, 11) is 0. The molecular weight excluding hydrogens is 252 g/mol. The minimum Gasteiger partial charge on any atom is -0.491 e. The molecule has 0 unspecified atom stereocenters. The van der Waals surface area contributed by atoms with Gasteiger partial charge in [-0.25, -0.2) is 0 Å². The minimum absolute atomic E-state index is 0.0803. The van der Waals surface area contributed by atoms with Gasteiger partial charge in [0.05, 0.1) is 12.5 Å². The molecule has 1 aliphatic rings. The highest BCUT2D eigenvalue weighted by molar-refractivity contribution is 5.79. The molecule has 20 heavy (non-hydrogen) atoms. The number of nitrogens with one attached hydrogen (secondary N) is 2. The highest BCUT2D eigenvalue weighted by atomic mass is 16.5. The molecule has 0 aliphatic carbocycles. The third-order valence-corrected chi connectivity index (χ3v) is 3.39. The number of amides is 1. The Hall–Kier alpha value is -1.55. The quantitative estimate of drug-likeness (QED) is 0.863. The zero-order valence-electron chi connectivity index (χ0n) is 12.3. The van der Waals surface area contributed by atoms with E-state index in [9.17, 15) is 4.79 Å². The second-order valence-electron chi connectivity index (χ2n) is 5.54. The van der Waals surface area contributed by atoms with E-state index in [0.29, 0.717) is 12.5 Å². The van der Waals surface area contributed by atoms with Gasteiger partial charge in [0.15, 0.2) is 0 Å². The van der Waals surface area contributed by atoms with E-state index in [0.717, 1.165) is 37.2 Å². The molecular formula is C16H24N2O2. The normalized spacial score (nSPS) is 16.1. The summed E-state index contributed by atoms with van der Waals surface area (Å²) in [6.45, 7) is 5.95. The smallest absolute Gasteiger partial charge is 0.224 e. The van der Waals surface area contributed by atoms with Crippen molar-refractivity contribution in [1.29, 1.82) is 0 Å². The molecule has 1 fully saturated rings. The van der Waals surface area contributed by atoms with E-state index in [1.54, 1.807) is 0 Å². The molecule has 1 saturated heterocycles. The lowest BCUT2D eigenvalue weighted by Crippen LogP contribution is -2.43. The second-order valence-corrected chi connectivity index (χ2v) is 5.54. The van der Waals surface area contributed by atoms with Crippen molar-refractivity contribution in [1.82, 2.24) is 10.6 Å². The fraction of sp³-hybridized carbons (Fsp3) is 0.562. The maximum atomic E-state index is 12.1. The number of para-hydroxylation sites is 1. The molecule has 110 valence electrons. The van der Waals surface area contributed by atoms with Crippen molar-refractivity contribution in [3.63, 3.8) is 0 Å². The maximum absolute atomic E-state index is 12.1. The van der Waals surface area contributed by atoms with E-state index in [1.165, 1.54) is 0 Å². The van der Waals surface area contributed by atoms with Crippen LogP contribution in [0.2, 0.25) is 0 Å². The van der Waals surface area contributed by atoms with E-state index < -0.39 is 0 Å². The zero-order chi connectivity index (χ0) is 14.4. The van der Waals surface area contributed by atoms with Crippen molar-refractivity contribution in [3.8, 4) is 5.75 Å². The van der Waals surface area contributed by atoms with Crippen LogP contribution < -0.4 is 15.4 Å². The van der Waals surface area contributed by atoms with Gasteiger partial charge < -0.3 is 15.4 Å². The molecule has 0 aromatic heterocycles. The van der Waals surface area contributed by atoms with Gasteiger partial charge in [-0.2, -0.15) is 0 Å². The summed E-state index contributed by atoms with van der Waals surface area (Å²) >= 11 is 0. The summed E-state index contributed by atoms with van der Waals surface area (Å²) in [5.41, 5.74) is 0.952. The Morgan fingerprint density at radius 3 is 2.75 bits per heavy atom. The van der Waals surface area contributed by atoms with Crippen molar-refractivity contribution >= 4 is 5.91 Å². The molecule has 1 aromatic carbocycles. The largest absolute Gasteiger partial charge is 0.491 e. The average Bonchev–Trinajstić information content (AvgIpc) is 2.41. The first kappa shape index (κ1) is 14.9. The SMILES string of the molecule is CC(C)Oc1ccccc1CC(=O)NC1CCNCC1. The minimum atomic E-state index is 0.0803. The third-order valence-electron chi connectivity index (χ3n) is 3.39. The Labute approximate surface area is 120 Å². The lowest BCUT2D eigenvalue weighted by Gasteiger charge is -2.24. The summed E-state index contributed by atoms with van der Waals surface area (Å²) in [5, 5.41) is 6.41. The molecule has 2 rings (SSSR count). The fourth-order valence-electron chi connectivity index (χ4n) is 2.44. The van der Waals surface area contributed by atoms with Gasteiger partial charge in [0.1, 0.15) is 5.75 Å². The average molecular weight is 276 g/mol. The van der Waals surface area contributed by atoms with E-state index in [4.69, 9.17) is 4.74 Å². The van der Waals surface area contributed by atoms with Gasteiger partial charge >= 0.3 is 0 Å². The Bertz CT molecular complexity index is 440. The van der Waals surface area contributed by atoms with Crippen LogP contribution >= 0.6 is 0 Å². The molecule has 1 aliphatic heterocycles. The molecule has 1 amide bonds. The van der Waals surface area contributed by atoms with Crippen LogP contribution in [0.4, 0.5) is 0 Å². The molecule has 4 nitrogen and oxygen atoms in total. The van der Waals surface area contributed by atoms with Crippen LogP contribution in [-0.4, -0.2) is 31.1 Å². The van der Waals surface area contributed by atoms with Gasteiger partial charge in [0, 0.05) is 11.6 Å². The van der Waals surface area contributed by atoms with Crippen LogP contribution in [0.3, 0.4) is 0 Å². The second kappa shape index (κ2) is 7.29. The van der Waals surface area contributed by atoms with Crippen LogP contribution in [0.5, 0.6) is 5.75 Å². The maximum Gasteiger partial charge on any atom is 0.224 e. The van der Waals surface area contributed by atoms with Crippen molar-refractivity contribution < 1.29 is 9.53 Å². The van der Waals surface area contributed by atoms with E-state index >= 15 is 0 Å². The van der Waals surface area contributed by atoms with Crippen LogP contribution in [-0.2, 0) is 11.2 Å². The number of ether oxygens (including phenoxy) is 1. The molecule has 1 heterocycles. The Morgan fingerprint density at radius 2 is 2.05 bits per heavy atom. The van der Waals surface area contributed by atoms with Gasteiger partial charge in [-0.05, 0) is 45.8 Å². The number of carbonyl (C=O) groups excluding carboxylic acids is 1. The van der Waals surface area contributed by atoms with E-state index in [2.05, 4.69) is 10.6 Å². The summed E-state index contributed by atoms with van der Waals surface area (Å²) < 4.78 is 5.75. The van der Waals surface area contributed by atoms with Crippen LogP contribution in [0.1, 0.15) is 32.3 Å². The highest BCUT2D eigenvalue weighted by Crippen LogP contribution is 2.20. The molecule has 0 saturated carbocycles. The number of hydrogen-bond donors (Lipinski definition) is 2. The van der Waals surface area contributed by atoms with Gasteiger partial charge in [-0.3, -0.25) is 4.79 Å². The van der Waals surface area contributed by atoms with Crippen molar-refractivity contribution in [2.75, 3.05) is 13.1 Å². The molecule has 4 heteroatoms. The standard InChI is InChI=1S/C16H24N2O2/c1-12(2)20-15-6-4-3-5-13(15)11-16(19)18-14-7-9-17-10-8-14/h3-6,12,14,17H,7-11H2,1-2H3,(H,18,19). The summed E-state index contributed by atoms with van der Waals surface area (Å²) in [6.07, 6.45) is 2.52. The van der Waals surface area contributed by atoms with Crippen molar-refractivity contribution in [2.45, 2.75) is 45.3 Å². The number of rotatable bonds is 5. The predicted octanol–water partition coefficient (Wildman–Crippen LogP) is 1.88. The first-order valence-corrected chi connectivity index (χ1v) is 7.40. The topological polar surface area (TPSA) is 50.4 Å². The number of piperidine rings is 1. The Kier molecular flexibility index (Phi) is 5.41. The Morgan fingerprint density at radius 1 is 1.35 bits per heavy atom. The fourth-order valence-corrected chi connectivity index (χ4v) is 2.44. The molecule has 0 radical (unpaired) electrons. The lowest BCUT2D eigenvalue weighted by atomic mass is 10.1. The zero-order valence-corrected chi connectivity index (χ0v) is 12.3. The molecule has 1 aromatic rings. The van der Waals surface area contributed by atoms with E-state index in [1.807, 2.05) is 38.1 Å². The molecule has 0 bridgehead atoms. The van der Waals surface area contributed by atoms with Crippen molar-refractivity contribution in [2.24, 2.45) is 0 Å². The molecule has 0 spiro atoms. The van der Waals surface area contributed by atoms with Crippen molar-refractivity contribution in [3.05, 3.63) is 29.8 Å². The van der Waals surface area contributed by atoms with Gasteiger partial charge in [-0.15, -0.1) is 0 Å². The summed E-state index contributed by atoms with van der Waals surface area (Å²) in [4.78, 5) is 12.1. The first-order valence-electron chi connectivity index (χ1n) is 7.40. The predicted molar refractivity (Wildman–Crippen MR) is 79.9 cm³/mol. The number of benzene rings is 1. The molecule has 2 N–H and O–H groups in total. The van der Waals surface area contributed by atoms with Gasteiger partial charge in [0.2, 0.25) is 5.91 Å². The number of carbonyl (C=O) groups is 1. The summed E-state index contributed by atoms with van der Waals surface area (Å²) in [5.74, 6) is 0.889. The lowest BCUT2D eigenvalue weighted by molar-refractivity contribution is -0.121. The summed E-state index contributed by atoms with van der Waals surface area (Å²) in [6, 6.07) is 8.07. The van der Waals surface area contributed by atoms with Crippen LogP contribution in [0.25, 0.3) is 0 Å². The first-order chi connectivity index (χ1) is 9.65.